The second kappa shape index (κ2) is 1.57. The van der Waals surface area contributed by atoms with Crippen molar-refractivity contribution in [3.05, 3.63) is 0 Å². The van der Waals surface area contributed by atoms with E-state index in [-0.39, 0.29) is 5.41 Å². The molecule has 0 atom stereocenters. The maximum atomic E-state index is 10.1. The zero-order valence-corrected chi connectivity index (χ0v) is 5.40. The molecular weight excluding hydrogens is 100 g/mol. The molecule has 1 heteroatoms. The molecule has 45 valence electrons. The van der Waals surface area contributed by atoms with Gasteiger partial charge < -0.3 is 0 Å². The predicted molar refractivity (Wildman–Crippen MR) is 32.2 cm³/mol. The van der Waals surface area contributed by atoms with Gasteiger partial charge in [0.15, 0.2) is 0 Å². The van der Waals surface area contributed by atoms with Gasteiger partial charge >= 0.3 is 0 Å². The van der Waals surface area contributed by atoms with Crippen LogP contribution in [0.5, 0.6) is 0 Å². The van der Waals surface area contributed by atoms with Crippen LogP contribution in [0.4, 0.5) is 0 Å². The number of hydrogen-bond donors (Lipinski definition) is 0. The highest BCUT2D eigenvalue weighted by Gasteiger charge is 2.37. The van der Waals surface area contributed by atoms with Gasteiger partial charge in [-0.1, -0.05) is 13.8 Å². The van der Waals surface area contributed by atoms with Crippen LogP contribution < -0.4 is 0 Å². The van der Waals surface area contributed by atoms with E-state index in [1.807, 2.05) is 6.92 Å². The fourth-order valence-electron chi connectivity index (χ4n) is 1.56. The van der Waals surface area contributed by atoms with Crippen LogP contribution in [0.3, 0.4) is 0 Å². The Kier molecular flexibility index (Phi) is 1.14. The Labute approximate surface area is 50.1 Å². The molecule has 8 heavy (non-hydrogen) atoms. The molecule has 0 amide bonds. The standard InChI is InChI=1S/C7H11O/c1-6-3-7(2,4-6)5-8/h6H,3-4H2,1-2H3. The normalized spacial score (nSPS) is 45.5. The zero-order chi connectivity index (χ0) is 6.20. The lowest BCUT2D eigenvalue weighted by molar-refractivity contribution is 0.162. The van der Waals surface area contributed by atoms with E-state index in [1.165, 1.54) is 0 Å². The van der Waals surface area contributed by atoms with E-state index in [2.05, 4.69) is 13.2 Å². The molecule has 0 saturated heterocycles. The van der Waals surface area contributed by atoms with Crippen molar-refractivity contribution in [2.45, 2.75) is 26.7 Å². The summed E-state index contributed by atoms with van der Waals surface area (Å²) >= 11 is 0. The van der Waals surface area contributed by atoms with Crippen molar-refractivity contribution in [3.63, 3.8) is 0 Å². The molecule has 1 aliphatic carbocycles. The Morgan fingerprint density at radius 1 is 1.62 bits per heavy atom. The summed E-state index contributed by atoms with van der Waals surface area (Å²) in [6.07, 6.45) is 4.13. The van der Waals surface area contributed by atoms with E-state index in [0.29, 0.717) is 0 Å². The molecule has 0 aromatic carbocycles. The smallest absolute Gasteiger partial charge is 0.204 e. The summed E-state index contributed by atoms with van der Waals surface area (Å²) in [6.45, 7) is 4.14. The first-order chi connectivity index (χ1) is 3.66. The molecule has 0 heterocycles. The molecule has 0 spiro atoms. The van der Waals surface area contributed by atoms with Gasteiger partial charge in [-0.3, -0.25) is 4.79 Å². The SMILES string of the molecule is CC1CC(C)([C]=O)C1. The van der Waals surface area contributed by atoms with Crippen LogP contribution in [0.2, 0.25) is 0 Å². The van der Waals surface area contributed by atoms with Crippen molar-refractivity contribution < 1.29 is 4.79 Å². The van der Waals surface area contributed by atoms with E-state index in [1.54, 1.807) is 0 Å². The first-order valence-corrected chi connectivity index (χ1v) is 3.06. The van der Waals surface area contributed by atoms with Gasteiger partial charge in [-0.25, -0.2) is 0 Å². The van der Waals surface area contributed by atoms with Gasteiger partial charge in [-0.05, 0) is 18.8 Å². The topological polar surface area (TPSA) is 17.1 Å². The van der Waals surface area contributed by atoms with Crippen LogP contribution in [0.15, 0.2) is 0 Å². The van der Waals surface area contributed by atoms with Gasteiger partial charge in [0.1, 0.15) is 0 Å². The Morgan fingerprint density at radius 3 is 2.25 bits per heavy atom. The van der Waals surface area contributed by atoms with E-state index in [4.69, 9.17) is 0 Å². The fourth-order valence-corrected chi connectivity index (χ4v) is 1.56. The molecule has 0 aromatic rings. The summed E-state index contributed by atoms with van der Waals surface area (Å²) in [6, 6.07) is 0. The summed E-state index contributed by atoms with van der Waals surface area (Å²) in [5.41, 5.74) is -0.0700. The average Bonchev–Trinajstić information content (AvgIpc) is 1.63. The highest BCUT2D eigenvalue weighted by atomic mass is 16.1. The average molecular weight is 111 g/mol. The summed E-state index contributed by atoms with van der Waals surface area (Å²) < 4.78 is 0. The number of hydrogen-bond acceptors (Lipinski definition) is 1. The van der Waals surface area contributed by atoms with E-state index < -0.39 is 0 Å². The van der Waals surface area contributed by atoms with Gasteiger partial charge in [0.05, 0.1) is 0 Å². The van der Waals surface area contributed by atoms with Gasteiger partial charge in [0.2, 0.25) is 6.29 Å². The minimum absolute atomic E-state index is 0.0700. The summed E-state index contributed by atoms with van der Waals surface area (Å²) in [4.78, 5) is 10.1. The molecule has 0 N–H and O–H groups in total. The van der Waals surface area contributed by atoms with Crippen molar-refractivity contribution in [2.75, 3.05) is 0 Å². The van der Waals surface area contributed by atoms with Crippen LogP contribution in [0.25, 0.3) is 0 Å². The largest absolute Gasteiger partial charge is 0.290 e. The monoisotopic (exact) mass is 111 g/mol. The minimum atomic E-state index is -0.0700. The predicted octanol–water partition coefficient (Wildman–Crippen LogP) is 1.53. The van der Waals surface area contributed by atoms with E-state index in [9.17, 15) is 4.79 Å². The molecule has 0 aliphatic heterocycles. The highest BCUT2D eigenvalue weighted by molar-refractivity contribution is 5.61. The highest BCUT2D eigenvalue weighted by Crippen LogP contribution is 2.42. The molecule has 1 fully saturated rings. The van der Waals surface area contributed by atoms with Crippen molar-refractivity contribution >= 4 is 6.29 Å². The van der Waals surface area contributed by atoms with Gasteiger partial charge in [0.25, 0.3) is 0 Å². The van der Waals surface area contributed by atoms with Crippen LogP contribution in [-0.2, 0) is 4.79 Å². The Balaban J connectivity index is 2.40. The molecule has 1 saturated carbocycles. The lowest BCUT2D eigenvalue weighted by Gasteiger charge is -2.37. The van der Waals surface area contributed by atoms with Crippen LogP contribution in [0, 0.1) is 11.3 Å². The lowest BCUT2D eigenvalue weighted by Crippen LogP contribution is -2.33. The summed E-state index contributed by atoms with van der Waals surface area (Å²) in [5, 5.41) is 0. The second-order valence-electron chi connectivity index (χ2n) is 3.18. The first-order valence-electron chi connectivity index (χ1n) is 3.06. The van der Waals surface area contributed by atoms with E-state index >= 15 is 0 Å². The zero-order valence-electron chi connectivity index (χ0n) is 5.40. The molecular formula is C7H11O. The van der Waals surface area contributed by atoms with Crippen LogP contribution >= 0.6 is 0 Å². The van der Waals surface area contributed by atoms with Crippen molar-refractivity contribution in [3.8, 4) is 0 Å². The third kappa shape index (κ3) is 0.770. The van der Waals surface area contributed by atoms with Gasteiger partial charge in [-0.2, -0.15) is 0 Å². The molecule has 0 unspecified atom stereocenters. The van der Waals surface area contributed by atoms with Crippen molar-refractivity contribution in [1.82, 2.24) is 0 Å². The Bertz CT molecular complexity index is 101. The van der Waals surface area contributed by atoms with Crippen LogP contribution in [-0.4, -0.2) is 6.29 Å². The molecule has 1 radical (unpaired) electrons. The number of rotatable bonds is 1. The minimum Gasteiger partial charge on any atom is -0.290 e. The summed E-state index contributed by atoms with van der Waals surface area (Å²) in [7, 11) is 0. The fraction of sp³-hybridized carbons (Fsp3) is 0.857. The van der Waals surface area contributed by atoms with Crippen molar-refractivity contribution in [1.29, 1.82) is 0 Å². The molecule has 0 bridgehead atoms. The molecule has 1 rings (SSSR count). The van der Waals surface area contributed by atoms with Gasteiger partial charge in [-0.15, -0.1) is 0 Å². The maximum Gasteiger partial charge on any atom is 0.204 e. The third-order valence-corrected chi connectivity index (χ3v) is 1.84. The van der Waals surface area contributed by atoms with Crippen LogP contribution in [0.1, 0.15) is 26.7 Å². The van der Waals surface area contributed by atoms with Gasteiger partial charge in [0, 0.05) is 5.41 Å². The Hall–Kier alpha value is -0.330. The number of carbonyl (C=O) groups excluding carboxylic acids is 1. The second-order valence-corrected chi connectivity index (χ2v) is 3.18. The first kappa shape index (κ1) is 5.80. The Morgan fingerprint density at radius 2 is 2.12 bits per heavy atom. The molecule has 1 aliphatic rings. The lowest BCUT2D eigenvalue weighted by atomic mass is 9.65. The van der Waals surface area contributed by atoms with Crippen molar-refractivity contribution in [2.24, 2.45) is 11.3 Å². The summed E-state index contributed by atoms with van der Waals surface area (Å²) in [5.74, 6) is 0.751. The third-order valence-electron chi connectivity index (χ3n) is 1.84. The molecule has 1 nitrogen and oxygen atoms in total. The molecule has 0 aromatic heterocycles. The van der Waals surface area contributed by atoms with E-state index in [0.717, 1.165) is 18.8 Å². The maximum absolute atomic E-state index is 10.1. The quantitative estimate of drug-likeness (QED) is 0.501.